The number of rotatable bonds is 7. The van der Waals surface area contributed by atoms with Crippen molar-refractivity contribution in [2.45, 2.75) is 24.5 Å². The van der Waals surface area contributed by atoms with Gasteiger partial charge in [-0.2, -0.15) is 0 Å². The fraction of sp³-hybridized carbons (Fsp3) is 1.00. The van der Waals surface area contributed by atoms with Crippen LogP contribution in [0.25, 0.3) is 0 Å². The van der Waals surface area contributed by atoms with Crippen molar-refractivity contribution in [2.75, 3.05) is 27.9 Å². The Morgan fingerprint density at radius 3 is 2.21 bits per heavy atom. The van der Waals surface area contributed by atoms with Gasteiger partial charge in [-0.3, -0.25) is 0 Å². The van der Waals surface area contributed by atoms with Gasteiger partial charge in [0.15, 0.2) is 0 Å². The third kappa shape index (κ3) is 3.01. The fourth-order valence-corrected chi connectivity index (χ4v) is 3.27. The first-order chi connectivity index (χ1) is 6.67. The first kappa shape index (κ1) is 12.1. The van der Waals surface area contributed by atoms with Crippen LogP contribution < -0.4 is 11.1 Å². The van der Waals surface area contributed by atoms with Gasteiger partial charge in [0, 0.05) is 46.0 Å². The van der Waals surface area contributed by atoms with E-state index in [1.54, 1.807) is 21.3 Å². The molecule has 0 radical (unpaired) electrons. The average Bonchev–Trinajstić information content (AvgIpc) is 3.04. The Labute approximate surface area is 86.3 Å². The lowest BCUT2D eigenvalue weighted by Gasteiger charge is -2.25. The van der Waals surface area contributed by atoms with Crippen LogP contribution in [0.1, 0.15) is 6.42 Å². The van der Waals surface area contributed by atoms with Gasteiger partial charge in [0.05, 0.1) is 0 Å². The molecule has 1 heterocycles. The van der Waals surface area contributed by atoms with Crippen molar-refractivity contribution in [3.63, 3.8) is 0 Å². The third-order valence-corrected chi connectivity index (χ3v) is 5.44. The Balaban J connectivity index is 2.31. The van der Waals surface area contributed by atoms with Crippen molar-refractivity contribution in [1.82, 2.24) is 5.32 Å². The van der Waals surface area contributed by atoms with Crippen LogP contribution in [-0.2, 0) is 13.3 Å². The number of nitrogens with two attached hydrogens (primary N) is 1. The molecule has 3 N–H and O–H groups in total. The molecular formula is C8H20N2O3Si. The lowest BCUT2D eigenvalue weighted by atomic mass is 10.2. The van der Waals surface area contributed by atoms with Crippen molar-refractivity contribution in [2.24, 2.45) is 5.73 Å². The van der Waals surface area contributed by atoms with Crippen molar-refractivity contribution >= 4 is 8.80 Å². The lowest BCUT2D eigenvalue weighted by molar-refractivity contribution is 0.122. The van der Waals surface area contributed by atoms with Gasteiger partial charge in [0.1, 0.15) is 0 Å². The topological polar surface area (TPSA) is 75.7 Å². The summed E-state index contributed by atoms with van der Waals surface area (Å²) >= 11 is 0. The van der Waals surface area contributed by atoms with Gasteiger partial charge >= 0.3 is 8.80 Å². The average molecular weight is 220 g/mol. The molecule has 84 valence electrons. The summed E-state index contributed by atoms with van der Waals surface area (Å²) < 4.78 is 15.9. The molecule has 0 aliphatic carbocycles. The Bertz CT molecular complexity index is 166. The Morgan fingerprint density at radius 2 is 1.86 bits per heavy atom. The summed E-state index contributed by atoms with van der Waals surface area (Å²) in [6.45, 7) is 1.03. The molecule has 0 saturated carbocycles. The second kappa shape index (κ2) is 5.20. The zero-order chi connectivity index (χ0) is 10.6. The fourth-order valence-electron chi connectivity index (χ4n) is 1.47. The Hall–Kier alpha value is 0.0169. The molecule has 0 aromatic carbocycles. The predicted octanol–water partition coefficient (Wildman–Crippen LogP) is -0.446. The van der Waals surface area contributed by atoms with Crippen molar-refractivity contribution in [1.29, 1.82) is 0 Å². The summed E-state index contributed by atoms with van der Waals surface area (Å²) in [5.41, 5.74) is 5.94. The van der Waals surface area contributed by atoms with E-state index >= 15 is 0 Å². The third-order valence-electron chi connectivity index (χ3n) is 2.67. The molecule has 1 rings (SSSR count). The molecule has 2 atom stereocenters. The molecule has 0 aromatic rings. The molecule has 6 heteroatoms. The number of hydrogen-bond acceptors (Lipinski definition) is 5. The Morgan fingerprint density at radius 1 is 1.36 bits per heavy atom. The maximum atomic E-state index is 5.94. The van der Waals surface area contributed by atoms with Gasteiger partial charge in [-0.15, -0.1) is 0 Å². The predicted molar refractivity (Wildman–Crippen MR) is 56.0 cm³/mol. The van der Waals surface area contributed by atoms with E-state index in [0.717, 1.165) is 19.0 Å². The standard InChI is InChI=1S/C8H20N2O3Si/c1-11-14(12-2,13-3)5-4-7(9)8-6-10-8/h7-8,10H,4-6,9H2,1-3H3. The van der Waals surface area contributed by atoms with Crippen LogP contribution >= 0.6 is 0 Å². The summed E-state index contributed by atoms with van der Waals surface area (Å²) in [5, 5.41) is 3.19. The molecule has 0 aromatic heterocycles. The highest BCUT2D eigenvalue weighted by Gasteiger charge is 2.39. The van der Waals surface area contributed by atoms with Gasteiger partial charge in [-0.05, 0) is 6.42 Å². The molecule has 1 aliphatic heterocycles. The summed E-state index contributed by atoms with van der Waals surface area (Å²) in [5.74, 6) is 0. The smallest absolute Gasteiger partial charge is 0.377 e. The van der Waals surface area contributed by atoms with Gasteiger partial charge in [-0.1, -0.05) is 0 Å². The van der Waals surface area contributed by atoms with E-state index < -0.39 is 8.80 Å². The number of hydrogen-bond donors (Lipinski definition) is 2. The van der Waals surface area contributed by atoms with Crippen LogP contribution in [0.2, 0.25) is 6.04 Å². The van der Waals surface area contributed by atoms with E-state index in [0.29, 0.717) is 6.04 Å². The first-order valence-corrected chi connectivity index (χ1v) is 6.75. The molecule has 2 unspecified atom stereocenters. The van der Waals surface area contributed by atoms with Crippen LogP contribution in [-0.4, -0.2) is 48.8 Å². The quantitative estimate of drug-likeness (QED) is 0.449. The van der Waals surface area contributed by atoms with Gasteiger partial charge in [0.25, 0.3) is 0 Å². The van der Waals surface area contributed by atoms with E-state index in [1.807, 2.05) is 0 Å². The molecule has 1 aliphatic rings. The van der Waals surface area contributed by atoms with Crippen LogP contribution in [0, 0.1) is 0 Å². The molecule has 0 spiro atoms. The minimum atomic E-state index is -2.41. The van der Waals surface area contributed by atoms with E-state index in [1.165, 1.54) is 0 Å². The molecule has 1 fully saturated rings. The normalized spacial score (nSPS) is 23.6. The minimum Gasteiger partial charge on any atom is -0.377 e. The molecule has 1 saturated heterocycles. The second-order valence-electron chi connectivity index (χ2n) is 3.51. The largest absolute Gasteiger partial charge is 0.500 e. The minimum absolute atomic E-state index is 0.183. The van der Waals surface area contributed by atoms with Crippen LogP contribution in [0.4, 0.5) is 0 Å². The maximum absolute atomic E-state index is 5.94. The van der Waals surface area contributed by atoms with Crippen molar-refractivity contribution < 1.29 is 13.3 Å². The van der Waals surface area contributed by atoms with Crippen LogP contribution in [0.15, 0.2) is 0 Å². The monoisotopic (exact) mass is 220 g/mol. The summed E-state index contributed by atoms with van der Waals surface area (Å²) in [6, 6.07) is 1.44. The molecule has 5 nitrogen and oxygen atoms in total. The van der Waals surface area contributed by atoms with Crippen molar-refractivity contribution in [3.05, 3.63) is 0 Å². The first-order valence-electron chi connectivity index (χ1n) is 4.82. The SMILES string of the molecule is CO[Si](CCC(N)C1CN1)(OC)OC. The van der Waals surface area contributed by atoms with Gasteiger partial charge < -0.3 is 24.3 Å². The number of nitrogens with one attached hydrogen (secondary N) is 1. The van der Waals surface area contributed by atoms with Crippen LogP contribution in [0.3, 0.4) is 0 Å². The highest BCUT2D eigenvalue weighted by atomic mass is 28.4. The molecule has 0 bridgehead atoms. The van der Waals surface area contributed by atoms with E-state index in [9.17, 15) is 0 Å². The van der Waals surface area contributed by atoms with E-state index in [4.69, 9.17) is 19.0 Å². The maximum Gasteiger partial charge on any atom is 0.500 e. The van der Waals surface area contributed by atoms with E-state index in [2.05, 4.69) is 5.32 Å². The summed E-state index contributed by atoms with van der Waals surface area (Å²) in [6.07, 6.45) is 0.874. The van der Waals surface area contributed by atoms with Gasteiger partial charge in [-0.25, -0.2) is 0 Å². The second-order valence-corrected chi connectivity index (χ2v) is 6.60. The molecule has 14 heavy (non-hydrogen) atoms. The van der Waals surface area contributed by atoms with E-state index in [-0.39, 0.29) is 6.04 Å². The molecular weight excluding hydrogens is 200 g/mol. The van der Waals surface area contributed by atoms with Gasteiger partial charge in [0.2, 0.25) is 0 Å². The highest BCUT2D eigenvalue weighted by molar-refractivity contribution is 6.60. The zero-order valence-corrected chi connectivity index (χ0v) is 10.1. The summed E-state index contributed by atoms with van der Waals surface area (Å²) in [7, 11) is 2.47. The summed E-state index contributed by atoms with van der Waals surface area (Å²) in [4.78, 5) is 0. The molecule has 0 amide bonds. The highest BCUT2D eigenvalue weighted by Crippen LogP contribution is 2.18. The van der Waals surface area contributed by atoms with Crippen molar-refractivity contribution in [3.8, 4) is 0 Å². The van der Waals surface area contributed by atoms with Crippen LogP contribution in [0.5, 0.6) is 0 Å². The zero-order valence-electron chi connectivity index (χ0n) is 9.08. The lowest BCUT2D eigenvalue weighted by Crippen LogP contribution is -2.44. The Kier molecular flexibility index (Phi) is 4.49.